The van der Waals surface area contributed by atoms with Gasteiger partial charge in [0.05, 0.1) is 18.2 Å². The summed E-state index contributed by atoms with van der Waals surface area (Å²) in [6.07, 6.45) is 8.97. The molecule has 1 rings (SSSR count). The molecule has 1 aromatic carbocycles. The molecule has 188 valence electrons. The summed E-state index contributed by atoms with van der Waals surface area (Å²) in [4.78, 5) is 30.3. The van der Waals surface area contributed by atoms with Gasteiger partial charge in [-0.15, -0.1) is 0 Å². The molecule has 0 aliphatic carbocycles. The lowest BCUT2D eigenvalue weighted by molar-refractivity contribution is 0.0759. The van der Waals surface area contributed by atoms with Crippen LogP contribution >= 0.6 is 15.9 Å². The summed E-state index contributed by atoms with van der Waals surface area (Å²) in [7, 11) is 5.21. The summed E-state index contributed by atoms with van der Waals surface area (Å²) in [5.74, 6) is 1.07. The minimum atomic E-state index is -0.116. The smallest absolute Gasteiger partial charge is 0.257 e. The molecule has 33 heavy (non-hydrogen) atoms. The Morgan fingerprint density at radius 3 is 1.55 bits per heavy atom. The third kappa shape index (κ3) is 8.95. The van der Waals surface area contributed by atoms with E-state index in [9.17, 15) is 9.59 Å². The van der Waals surface area contributed by atoms with Crippen LogP contribution in [0.1, 0.15) is 99.8 Å². The number of rotatable bonds is 15. The van der Waals surface area contributed by atoms with Crippen molar-refractivity contribution in [3.8, 4) is 5.75 Å². The molecule has 2 unspecified atom stereocenters. The van der Waals surface area contributed by atoms with Gasteiger partial charge in [0.15, 0.2) is 0 Å². The maximum Gasteiger partial charge on any atom is 0.257 e. The van der Waals surface area contributed by atoms with Gasteiger partial charge in [0.25, 0.3) is 11.8 Å². The molecular formula is C27H45BrN2O3. The Kier molecular flexibility index (Phi) is 13.7. The second kappa shape index (κ2) is 15.4. The Labute approximate surface area is 210 Å². The zero-order valence-corrected chi connectivity index (χ0v) is 23.5. The largest absolute Gasteiger partial charge is 0.495 e. The second-order valence-corrected chi connectivity index (χ2v) is 10.2. The van der Waals surface area contributed by atoms with Crippen molar-refractivity contribution in [2.75, 3.05) is 34.3 Å². The summed E-state index contributed by atoms with van der Waals surface area (Å²) >= 11 is 3.51. The van der Waals surface area contributed by atoms with Crippen molar-refractivity contribution in [2.24, 2.45) is 11.8 Å². The van der Waals surface area contributed by atoms with Gasteiger partial charge in [-0.05, 0) is 36.8 Å². The molecule has 0 radical (unpaired) electrons. The zero-order chi connectivity index (χ0) is 25.0. The van der Waals surface area contributed by atoms with Crippen LogP contribution in [0.25, 0.3) is 0 Å². The van der Waals surface area contributed by atoms with E-state index in [1.807, 2.05) is 14.1 Å². The van der Waals surface area contributed by atoms with Crippen LogP contribution in [-0.4, -0.2) is 55.9 Å². The van der Waals surface area contributed by atoms with Gasteiger partial charge in [0.2, 0.25) is 0 Å². The molecule has 0 aromatic heterocycles. The summed E-state index contributed by atoms with van der Waals surface area (Å²) in [5, 5.41) is 0. The first-order chi connectivity index (χ1) is 15.7. The maximum atomic E-state index is 13.4. The van der Waals surface area contributed by atoms with Crippen LogP contribution in [0, 0.1) is 11.8 Å². The normalized spacial score (nSPS) is 12.8. The van der Waals surface area contributed by atoms with Crippen molar-refractivity contribution in [2.45, 2.75) is 79.1 Å². The van der Waals surface area contributed by atoms with E-state index in [1.54, 1.807) is 21.9 Å². The number of benzene rings is 1. The van der Waals surface area contributed by atoms with Crippen molar-refractivity contribution in [3.63, 3.8) is 0 Å². The lowest BCUT2D eigenvalue weighted by Gasteiger charge is -2.26. The zero-order valence-electron chi connectivity index (χ0n) is 21.9. The number of ether oxygens (including phenoxy) is 1. The van der Waals surface area contributed by atoms with Gasteiger partial charge in [-0.1, -0.05) is 82.1 Å². The number of unbranched alkanes of at least 4 members (excludes halogenated alkanes) is 2. The molecule has 2 atom stereocenters. The van der Waals surface area contributed by atoms with E-state index in [2.05, 4.69) is 43.6 Å². The van der Waals surface area contributed by atoms with Gasteiger partial charge in [-0.2, -0.15) is 0 Å². The molecule has 0 bridgehead atoms. The predicted molar refractivity (Wildman–Crippen MR) is 141 cm³/mol. The molecule has 0 aliphatic rings. The highest BCUT2D eigenvalue weighted by Gasteiger charge is 2.26. The fourth-order valence-electron chi connectivity index (χ4n) is 4.32. The molecule has 6 heteroatoms. The third-order valence-corrected chi connectivity index (χ3v) is 7.02. The number of carbonyl (C=O) groups is 2. The van der Waals surface area contributed by atoms with Crippen LogP contribution in [0.5, 0.6) is 5.75 Å². The minimum absolute atomic E-state index is 0.116. The summed E-state index contributed by atoms with van der Waals surface area (Å²) in [5.41, 5.74) is 0.851. The average molecular weight is 526 g/mol. The van der Waals surface area contributed by atoms with E-state index in [0.717, 1.165) is 38.5 Å². The van der Waals surface area contributed by atoms with E-state index in [4.69, 9.17) is 4.74 Å². The van der Waals surface area contributed by atoms with Gasteiger partial charge in [-0.25, -0.2) is 0 Å². The van der Waals surface area contributed by atoms with Crippen molar-refractivity contribution < 1.29 is 14.3 Å². The number of hydrogen-bond acceptors (Lipinski definition) is 3. The number of nitrogens with zero attached hydrogens (tertiary/aromatic N) is 2. The van der Waals surface area contributed by atoms with Crippen LogP contribution in [0.15, 0.2) is 16.6 Å². The molecule has 0 saturated heterocycles. The Hall–Kier alpha value is -1.56. The molecule has 0 spiro atoms. The molecule has 5 nitrogen and oxygen atoms in total. The maximum absolute atomic E-state index is 13.4. The highest BCUT2D eigenvalue weighted by atomic mass is 79.9. The SMILES string of the molecule is CCCCC(CC)CN(C)C(=O)c1cc(Br)cc(C(=O)N(C)CC(CC)CCCC)c1OC. The molecule has 0 fully saturated rings. The monoisotopic (exact) mass is 524 g/mol. The van der Waals surface area contributed by atoms with E-state index in [-0.39, 0.29) is 11.8 Å². The first-order valence-electron chi connectivity index (χ1n) is 12.6. The lowest BCUT2D eigenvalue weighted by Crippen LogP contribution is -2.34. The summed E-state index contributed by atoms with van der Waals surface area (Å²) in [6, 6.07) is 3.52. The molecule has 1 aromatic rings. The lowest BCUT2D eigenvalue weighted by atomic mass is 9.98. The van der Waals surface area contributed by atoms with Crippen molar-refractivity contribution in [1.82, 2.24) is 9.80 Å². The number of halogens is 1. The number of carbonyl (C=O) groups excluding carboxylic acids is 2. The minimum Gasteiger partial charge on any atom is -0.495 e. The van der Waals surface area contributed by atoms with Gasteiger partial charge in [-0.3, -0.25) is 9.59 Å². The second-order valence-electron chi connectivity index (χ2n) is 9.24. The predicted octanol–water partition coefficient (Wildman–Crippen LogP) is 7.03. The molecule has 0 heterocycles. The fourth-order valence-corrected chi connectivity index (χ4v) is 4.78. The van der Waals surface area contributed by atoms with E-state index >= 15 is 0 Å². The van der Waals surface area contributed by atoms with Gasteiger partial charge >= 0.3 is 0 Å². The van der Waals surface area contributed by atoms with Crippen LogP contribution in [-0.2, 0) is 0 Å². The summed E-state index contributed by atoms with van der Waals surface area (Å²) < 4.78 is 6.35. The van der Waals surface area contributed by atoms with Gasteiger partial charge in [0.1, 0.15) is 5.75 Å². The highest BCUT2D eigenvalue weighted by Crippen LogP contribution is 2.31. The van der Waals surface area contributed by atoms with Crippen molar-refractivity contribution >= 4 is 27.7 Å². The van der Waals surface area contributed by atoms with Crippen LogP contribution < -0.4 is 4.74 Å². The molecular weight excluding hydrogens is 480 g/mol. The van der Waals surface area contributed by atoms with E-state index < -0.39 is 0 Å². The Morgan fingerprint density at radius 1 is 0.848 bits per heavy atom. The average Bonchev–Trinajstić information content (AvgIpc) is 2.82. The molecule has 0 N–H and O–H groups in total. The molecule has 0 aliphatic heterocycles. The Balaban J connectivity index is 3.15. The fraction of sp³-hybridized carbons (Fsp3) is 0.704. The quantitative estimate of drug-likeness (QED) is 0.247. The van der Waals surface area contributed by atoms with Crippen LogP contribution in [0.3, 0.4) is 0 Å². The van der Waals surface area contributed by atoms with Crippen LogP contribution in [0.2, 0.25) is 0 Å². The summed E-state index contributed by atoms with van der Waals surface area (Å²) in [6.45, 7) is 10.1. The first-order valence-corrected chi connectivity index (χ1v) is 13.4. The highest BCUT2D eigenvalue weighted by molar-refractivity contribution is 9.10. The third-order valence-electron chi connectivity index (χ3n) is 6.56. The Bertz CT molecular complexity index is 696. The van der Waals surface area contributed by atoms with Gasteiger partial charge < -0.3 is 14.5 Å². The Morgan fingerprint density at radius 2 is 1.24 bits per heavy atom. The molecule has 0 saturated carbocycles. The topological polar surface area (TPSA) is 49.9 Å². The van der Waals surface area contributed by atoms with E-state index in [1.165, 1.54) is 20.0 Å². The first kappa shape index (κ1) is 29.5. The van der Waals surface area contributed by atoms with Crippen molar-refractivity contribution in [3.05, 3.63) is 27.7 Å². The van der Waals surface area contributed by atoms with Crippen LogP contribution in [0.4, 0.5) is 0 Å². The number of hydrogen-bond donors (Lipinski definition) is 0. The van der Waals surface area contributed by atoms with Crippen molar-refractivity contribution in [1.29, 1.82) is 0 Å². The molecule has 2 amide bonds. The van der Waals surface area contributed by atoms with E-state index in [0.29, 0.717) is 46.3 Å². The number of methoxy groups -OCH3 is 1. The number of amides is 2. The van der Waals surface area contributed by atoms with Gasteiger partial charge in [0, 0.05) is 31.7 Å². The standard InChI is InChI=1S/C27H45BrN2O3/c1-8-12-14-20(10-3)18-29(5)26(31)23-16-22(28)17-24(25(23)33-7)27(32)30(6)19-21(11-4)15-13-9-2/h16-17,20-21H,8-15,18-19H2,1-7H3.